The highest BCUT2D eigenvalue weighted by molar-refractivity contribution is 5.57. The summed E-state index contributed by atoms with van der Waals surface area (Å²) >= 11 is 0. The van der Waals surface area contributed by atoms with Crippen LogP contribution in [0.2, 0.25) is 0 Å². The summed E-state index contributed by atoms with van der Waals surface area (Å²) in [5.74, 6) is 1.18. The summed E-state index contributed by atoms with van der Waals surface area (Å²) in [6.07, 6.45) is 7.23. The standard InChI is InChI=1S/C14H18FN/c15-12-7-11(6-9-2-1-3-9)14(16)13(8-12)10-4-5-10/h7-10H,1-6,16H2. The van der Waals surface area contributed by atoms with E-state index in [-0.39, 0.29) is 5.82 Å². The van der Waals surface area contributed by atoms with Crippen molar-refractivity contribution in [3.05, 3.63) is 29.1 Å². The molecule has 0 saturated heterocycles. The molecule has 0 unspecified atom stereocenters. The maximum absolute atomic E-state index is 13.5. The largest absolute Gasteiger partial charge is 0.398 e. The lowest BCUT2D eigenvalue weighted by Crippen LogP contribution is -2.15. The molecule has 0 radical (unpaired) electrons. The number of nitrogen functional groups attached to an aromatic ring is 1. The Morgan fingerprint density at radius 2 is 1.94 bits per heavy atom. The second kappa shape index (κ2) is 3.76. The molecule has 2 heteroatoms. The van der Waals surface area contributed by atoms with Gasteiger partial charge in [-0.3, -0.25) is 0 Å². The lowest BCUT2D eigenvalue weighted by molar-refractivity contribution is 0.314. The average molecular weight is 219 g/mol. The molecule has 1 aromatic carbocycles. The molecule has 1 aromatic rings. The molecule has 2 aliphatic rings. The minimum absolute atomic E-state index is 0.106. The molecule has 0 amide bonds. The van der Waals surface area contributed by atoms with Gasteiger partial charge in [-0.05, 0) is 54.4 Å². The summed E-state index contributed by atoms with van der Waals surface area (Å²) in [5.41, 5.74) is 9.14. The first-order valence-electron chi connectivity index (χ1n) is 6.32. The van der Waals surface area contributed by atoms with Gasteiger partial charge >= 0.3 is 0 Å². The number of hydrogen-bond donors (Lipinski definition) is 1. The Kier molecular flexibility index (Phi) is 2.38. The third kappa shape index (κ3) is 1.81. The van der Waals surface area contributed by atoms with Crippen LogP contribution in [0.25, 0.3) is 0 Å². The number of hydrogen-bond acceptors (Lipinski definition) is 1. The van der Waals surface area contributed by atoms with Crippen molar-refractivity contribution in [3.8, 4) is 0 Å². The zero-order valence-corrected chi connectivity index (χ0v) is 9.51. The highest BCUT2D eigenvalue weighted by atomic mass is 19.1. The maximum Gasteiger partial charge on any atom is 0.123 e. The van der Waals surface area contributed by atoms with Gasteiger partial charge in [0.2, 0.25) is 0 Å². The van der Waals surface area contributed by atoms with Crippen molar-refractivity contribution in [1.29, 1.82) is 0 Å². The lowest BCUT2D eigenvalue weighted by atomic mass is 9.80. The van der Waals surface area contributed by atoms with Crippen LogP contribution in [-0.4, -0.2) is 0 Å². The number of anilines is 1. The fourth-order valence-electron chi connectivity index (χ4n) is 2.61. The van der Waals surface area contributed by atoms with Gasteiger partial charge in [0.05, 0.1) is 0 Å². The maximum atomic E-state index is 13.5. The van der Waals surface area contributed by atoms with Gasteiger partial charge in [-0.1, -0.05) is 19.3 Å². The van der Waals surface area contributed by atoms with Crippen LogP contribution < -0.4 is 5.73 Å². The van der Waals surface area contributed by atoms with Crippen molar-refractivity contribution in [1.82, 2.24) is 0 Å². The van der Waals surface area contributed by atoms with Gasteiger partial charge in [0.25, 0.3) is 0 Å². The van der Waals surface area contributed by atoms with E-state index in [0.29, 0.717) is 5.92 Å². The minimum Gasteiger partial charge on any atom is -0.398 e. The van der Waals surface area contributed by atoms with Crippen molar-refractivity contribution in [3.63, 3.8) is 0 Å². The topological polar surface area (TPSA) is 26.0 Å². The second-order valence-corrected chi connectivity index (χ2v) is 5.34. The van der Waals surface area contributed by atoms with Gasteiger partial charge in [-0.25, -0.2) is 4.39 Å². The van der Waals surface area contributed by atoms with Crippen LogP contribution in [0.1, 0.15) is 49.1 Å². The van der Waals surface area contributed by atoms with E-state index in [1.807, 2.05) is 0 Å². The Labute approximate surface area is 95.8 Å². The molecular weight excluding hydrogens is 201 g/mol. The Hall–Kier alpha value is -1.05. The molecule has 0 aliphatic heterocycles. The Bertz CT molecular complexity index is 405. The third-order valence-corrected chi connectivity index (χ3v) is 4.01. The smallest absolute Gasteiger partial charge is 0.123 e. The molecule has 2 N–H and O–H groups in total. The van der Waals surface area contributed by atoms with Gasteiger partial charge in [-0.15, -0.1) is 0 Å². The summed E-state index contributed by atoms with van der Waals surface area (Å²) in [5, 5.41) is 0. The zero-order chi connectivity index (χ0) is 11.1. The van der Waals surface area contributed by atoms with Crippen molar-refractivity contribution in [2.75, 3.05) is 5.73 Å². The number of halogens is 1. The van der Waals surface area contributed by atoms with Gasteiger partial charge in [0.1, 0.15) is 5.82 Å². The monoisotopic (exact) mass is 219 g/mol. The van der Waals surface area contributed by atoms with E-state index in [0.717, 1.165) is 29.2 Å². The van der Waals surface area contributed by atoms with Crippen LogP contribution in [0.4, 0.5) is 10.1 Å². The third-order valence-electron chi connectivity index (χ3n) is 4.01. The fourth-order valence-corrected chi connectivity index (χ4v) is 2.61. The number of rotatable bonds is 3. The highest BCUT2D eigenvalue weighted by Gasteiger charge is 2.28. The van der Waals surface area contributed by atoms with Gasteiger partial charge in [-0.2, -0.15) is 0 Å². The molecular formula is C14H18FN. The molecule has 0 spiro atoms. The molecule has 0 bridgehead atoms. The van der Waals surface area contributed by atoms with Crippen LogP contribution in [0.3, 0.4) is 0 Å². The average Bonchev–Trinajstić information content (AvgIpc) is 2.99. The Balaban J connectivity index is 1.89. The second-order valence-electron chi connectivity index (χ2n) is 5.34. The van der Waals surface area contributed by atoms with E-state index < -0.39 is 0 Å². The molecule has 2 saturated carbocycles. The van der Waals surface area contributed by atoms with Crippen LogP contribution >= 0.6 is 0 Å². The van der Waals surface area contributed by atoms with E-state index in [4.69, 9.17) is 5.73 Å². The summed E-state index contributed by atoms with van der Waals surface area (Å²) in [6.45, 7) is 0. The predicted octanol–water partition coefficient (Wildman–Crippen LogP) is 3.63. The van der Waals surface area contributed by atoms with E-state index in [1.165, 1.54) is 32.1 Å². The van der Waals surface area contributed by atoms with Gasteiger partial charge < -0.3 is 5.73 Å². The molecule has 16 heavy (non-hydrogen) atoms. The van der Waals surface area contributed by atoms with Crippen molar-refractivity contribution in [2.45, 2.75) is 44.4 Å². The van der Waals surface area contributed by atoms with E-state index >= 15 is 0 Å². The summed E-state index contributed by atoms with van der Waals surface area (Å²) in [7, 11) is 0. The minimum atomic E-state index is -0.106. The van der Waals surface area contributed by atoms with Crippen LogP contribution in [0.15, 0.2) is 12.1 Å². The molecule has 0 aromatic heterocycles. The predicted molar refractivity (Wildman–Crippen MR) is 63.8 cm³/mol. The quantitative estimate of drug-likeness (QED) is 0.772. The summed E-state index contributed by atoms with van der Waals surface area (Å²) in [6, 6.07) is 3.27. The van der Waals surface area contributed by atoms with E-state index in [1.54, 1.807) is 12.1 Å². The molecule has 3 rings (SSSR count). The van der Waals surface area contributed by atoms with Crippen molar-refractivity contribution < 1.29 is 4.39 Å². The van der Waals surface area contributed by atoms with Crippen LogP contribution in [0.5, 0.6) is 0 Å². The molecule has 1 nitrogen and oxygen atoms in total. The van der Waals surface area contributed by atoms with Crippen LogP contribution in [-0.2, 0) is 6.42 Å². The SMILES string of the molecule is Nc1c(CC2CCC2)cc(F)cc1C1CC1. The number of nitrogens with two attached hydrogens (primary N) is 1. The van der Waals surface area contributed by atoms with Crippen molar-refractivity contribution in [2.24, 2.45) is 5.92 Å². The summed E-state index contributed by atoms with van der Waals surface area (Å²) in [4.78, 5) is 0. The molecule has 0 heterocycles. The highest BCUT2D eigenvalue weighted by Crippen LogP contribution is 2.44. The number of benzene rings is 1. The van der Waals surface area contributed by atoms with Gasteiger partial charge in [0.15, 0.2) is 0 Å². The summed E-state index contributed by atoms with van der Waals surface area (Å²) < 4.78 is 13.5. The zero-order valence-electron chi connectivity index (χ0n) is 9.51. The molecule has 2 fully saturated rings. The Morgan fingerprint density at radius 1 is 1.19 bits per heavy atom. The Morgan fingerprint density at radius 3 is 2.50 bits per heavy atom. The van der Waals surface area contributed by atoms with E-state index in [9.17, 15) is 4.39 Å². The first-order chi connectivity index (χ1) is 7.74. The molecule has 2 aliphatic carbocycles. The van der Waals surface area contributed by atoms with Crippen LogP contribution in [0, 0.1) is 11.7 Å². The van der Waals surface area contributed by atoms with Gasteiger partial charge in [0, 0.05) is 5.69 Å². The first-order valence-corrected chi connectivity index (χ1v) is 6.32. The normalized spacial score (nSPS) is 20.8. The van der Waals surface area contributed by atoms with E-state index in [2.05, 4.69) is 0 Å². The lowest BCUT2D eigenvalue weighted by Gasteiger charge is -2.26. The molecule has 86 valence electrons. The molecule has 0 atom stereocenters. The van der Waals surface area contributed by atoms with Crippen molar-refractivity contribution >= 4 is 5.69 Å². The first kappa shape index (κ1) is 10.1. The fraction of sp³-hybridized carbons (Fsp3) is 0.571.